The van der Waals surface area contributed by atoms with Crippen molar-refractivity contribution < 1.29 is 18.3 Å². The molecular weight excluding hydrogens is 337 g/mol. The van der Waals surface area contributed by atoms with Crippen molar-refractivity contribution in [2.75, 3.05) is 44.2 Å². The van der Waals surface area contributed by atoms with E-state index < -0.39 is 11.7 Å². The van der Waals surface area contributed by atoms with Crippen LogP contribution in [0.15, 0.2) is 22.7 Å². The minimum Gasteiger partial charge on any atom is -0.395 e. The van der Waals surface area contributed by atoms with E-state index in [1.54, 1.807) is 11.0 Å². The van der Waals surface area contributed by atoms with Crippen LogP contribution in [0, 0.1) is 0 Å². The second kappa shape index (κ2) is 6.32. The van der Waals surface area contributed by atoms with Crippen LogP contribution in [0.2, 0.25) is 0 Å². The number of hydrogen-bond acceptors (Lipinski definition) is 3. The van der Waals surface area contributed by atoms with E-state index in [9.17, 15) is 13.2 Å². The average molecular weight is 353 g/mol. The molecule has 0 amide bonds. The normalized spacial score (nSPS) is 17.6. The van der Waals surface area contributed by atoms with Crippen molar-refractivity contribution in [3.63, 3.8) is 0 Å². The Labute approximate surface area is 124 Å². The van der Waals surface area contributed by atoms with E-state index in [1.165, 1.54) is 6.07 Å². The van der Waals surface area contributed by atoms with Crippen molar-refractivity contribution in [3.8, 4) is 0 Å². The number of alkyl halides is 3. The summed E-state index contributed by atoms with van der Waals surface area (Å²) in [6.45, 7) is 3.03. The summed E-state index contributed by atoms with van der Waals surface area (Å²) >= 11 is 3.09. The topological polar surface area (TPSA) is 26.7 Å². The summed E-state index contributed by atoms with van der Waals surface area (Å²) in [5, 5.41) is 8.87. The molecule has 1 aliphatic heterocycles. The molecule has 0 aliphatic carbocycles. The Morgan fingerprint density at radius 1 is 1.15 bits per heavy atom. The van der Waals surface area contributed by atoms with Crippen molar-refractivity contribution in [2.45, 2.75) is 6.18 Å². The number of halogens is 4. The summed E-state index contributed by atoms with van der Waals surface area (Å²) in [6.07, 6.45) is -4.36. The predicted octanol–water partition coefficient (Wildman–Crippen LogP) is 2.58. The van der Waals surface area contributed by atoms with Gasteiger partial charge in [-0.2, -0.15) is 13.2 Å². The summed E-state index contributed by atoms with van der Waals surface area (Å²) in [5.74, 6) is 0. The molecule has 0 unspecified atom stereocenters. The molecule has 0 spiro atoms. The third kappa shape index (κ3) is 3.65. The van der Waals surface area contributed by atoms with Gasteiger partial charge in [0.25, 0.3) is 0 Å². The van der Waals surface area contributed by atoms with Gasteiger partial charge in [-0.1, -0.05) is 15.9 Å². The lowest BCUT2D eigenvalue weighted by atomic mass is 10.1. The smallest absolute Gasteiger partial charge is 0.395 e. The minimum atomic E-state index is -4.36. The molecule has 3 nitrogen and oxygen atoms in total. The number of nitrogens with zero attached hydrogens (tertiary/aromatic N) is 2. The van der Waals surface area contributed by atoms with Crippen LogP contribution < -0.4 is 4.90 Å². The van der Waals surface area contributed by atoms with Gasteiger partial charge in [-0.15, -0.1) is 0 Å². The first-order valence-corrected chi connectivity index (χ1v) is 7.16. The molecule has 7 heteroatoms. The highest BCUT2D eigenvalue weighted by atomic mass is 79.9. The van der Waals surface area contributed by atoms with Crippen molar-refractivity contribution in [3.05, 3.63) is 28.2 Å². The molecule has 1 aliphatic rings. The summed E-state index contributed by atoms with van der Waals surface area (Å²) in [4.78, 5) is 3.80. The highest BCUT2D eigenvalue weighted by Gasteiger charge is 2.35. The van der Waals surface area contributed by atoms with Gasteiger partial charge >= 0.3 is 6.18 Å². The van der Waals surface area contributed by atoms with E-state index >= 15 is 0 Å². The van der Waals surface area contributed by atoms with Crippen LogP contribution in [0.4, 0.5) is 18.9 Å². The van der Waals surface area contributed by atoms with E-state index in [4.69, 9.17) is 5.11 Å². The molecule has 1 saturated heterocycles. The predicted molar refractivity (Wildman–Crippen MR) is 74.9 cm³/mol. The molecule has 1 heterocycles. The number of benzene rings is 1. The van der Waals surface area contributed by atoms with Gasteiger partial charge in [-0.05, 0) is 18.2 Å². The highest BCUT2D eigenvalue weighted by Crippen LogP contribution is 2.38. The molecule has 112 valence electrons. The molecule has 0 aromatic heterocycles. The number of aliphatic hydroxyl groups excluding tert-OH is 1. The molecule has 0 saturated carbocycles. The second-order valence-electron chi connectivity index (χ2n) is 4.71. The number of β-amino-alcohol motifs (C(OH)–C–C–N with tert-alkyl or cyclic N) is 1. The number of rotatable bonds is 3. The van der Waals surface area contributed by atoms with Crippen LogP contribution in [0.3, 0.4) is 0 Å². The molecule has 1 aromatic carbocycles. The molecule has 1 fully saturated rings. The van der Waals surface area contributed by atoms with Crippen molar-refractivity contribution in [2.24, 2.45) is 0 Å². The van der Waals surface area contributed by atoms with Crippen LogP contribution in [-0.4, -0.2) is 49.3 Å². The molecule has 0 radical (unpaired) electrons. The fraction of sp³-hybridized carbons (Fsp3) is 0.538. The maximum atomic E-state index is 13.1. The summed E-state index contributed by atoms with van der Waals surface area (Å²) in [5.41, 5.74) is -0.383. The lowest BCUT2D eigenvalue weighted by molar-refractivity contribution is -0.137. The zero-order chi connectivity index (χ0) is 14.8. The van der Waals surface area contributed by atoms with Crippen LogP contribution in [0.1, 0.15) is 5.56 Å². The fourth-order valence-electron chi connectivity index (χ4n) is 2.36. The average Bonchev–Trinajstić information content (AvgIpc) is 2.39. The van der Waals surface area contributed by atoms with Gasteiger partial charge in [-0.25, -0.2) is 0 Å². The van der Waals surface area contributed by atoms with Crippen LogP contribution in [0.5, 0.6) is 0 Å². The first-order chi connectivity index (χ1) is 9.41. The summed E-state index contributed by atoms with van der Waals surface area (Å²) in [6, 6.07) is 4.26. The number of piperazine rings is 1. The minimum absolute atomic E-state index is 0.0755. The van der Waals surface area contributed by atoms with Crippen molar-refractivity contribution >= 4 is 21.6 Å². The van der Waals surface area contributed by atoms with Gasteiger partial charge in [0, 0.05) is 42.9 Å². The molecule has 2 rings (SSSR count). The number of aliphatic hydroxyl groups is 1. The van der Waals surface area contributed by atoms with Crippen molar-refractivity contribution in [1.82, 2.24) is 4.90 Å². The molecule has 0 bridgehead atoms. The summed E-state index contributed by atoms with van der Waals surface area (Å²) in [7, 11) is 0. The molecular formula is C13H16BrF3N2O. The summed E-state index contributed by atoms with van der Waals surface area (Å²) < 4.78 is 39.7. The lowest BCUT2D eigenvalue weighted by Crippen LogP contribution is -2.47. The lowest BCUT2D eigenvalue weighted by Gasteiger charge is -2.36. The van der Waals surface area contributed by atoms with Gasteiger partial charge in [0.15, 0.2) is 0 Å². The van der Waals surface area contributed by atoms with Gasteiger partial charge < -0.3 is 10.0 Å². The van der Waals surface area contributed by atoms with E-state index in [-0.39, 0.29) is 12.3 Å². The van der Waals surface area contributed by atoms with E-state index in [0.29, 0.717) is 37.2 Å². The van der Waals surface area contributed by atoms with Crippen LogP contribution >= 0.6 is 15.9 Å². The SMILES string of the molecule is OCCN1CCN(c2ccc(Br)cc2C(F)(F)F)CC1. The molecule has 20 heavy (non-hydrogen) atoms. The van der Waals surface area contributed by atoms with E-state index in [0.717, 1.165) is 6.07 Å². The monoisotopic (exact) mass is 352 g/mol. The zero-order valence-corrected chi connectivity index (χ0v) is 12.4. The molecule has 1 N–H and O–H groups in total. The highest BCUT2D eigenvalue weighted by molar-refractivity contribution is 9.10. The molecule has 1 aromatic rings. The second-order valence-corrected chi connectivity index (χ2v) is 5.63. The Morgan fingerprint density at radius 3 is 2.35 bits per heavy atom. The Bertz CT molecular complexity index is 459. The van der Waals surface area contributed by atoms with Gasteiger partial charge in [-0.3, -0.25) is 4.90 Å². The van der Waals surface area contributed by atoms with E-state index in [2.05, 4.69) is 15.9 Å². The maximum absolute atomic E-state index is 13.1. The van der Waals surface area contributed by atoms with Crippen LogP contribution in [0.25, 0.3) is 0 Å². The Hall–Kier alpha value is -0.790. The standard InChI is InChI=1S/C13H16BrF3N2O/c14-10-1-2-12(11(9-10)13(15,16)17)19-5-3-18(4-6-19)7-8-20/h1-2,9,20H,3-8H2. The van der Waals surface area contributed by atoms with Gasteiger partial charge in [0.2, 0.25) is 0 Å². The quantitative estimate of drug-likeness (QED) is 0.905. The van der Waals surface area contributed by atoms with Gasteiger partial charge in [0.05, 0.1) is 12.2 Å². The largest absolute Gasteiger partial charge is 0.418 e. The van der Waals surface area contributed by atoms with E-state index in [1.807, 2.05) is 4.90 Å². The first kappa shape index (κ1) is 15.6. The maximum Gasteiger partial charge on any atom is 0.418 e. The molecule has 0 atom stereocenters. The third-order valence-corrected chi connectivity index (χ3v) is 3.89. The van der Waals surface area contributed by atoms with Crippen molar-refractivity contribution in [1.29, 1.82) is 0 Å². The zero-order valence-electron chi connectivity index (χ0n) is 10.8. The Kier molecular flexibility index (Phi) is 4.93. The number of anilines is 1. The Morgan fingerprint density at radius 2 is 1.80 bits per heavy atom. The van der Waals surface area contributed by atoms with Gasteiger partial charge in [0.1, 0.15) is 0 Å². The van der Waals surface area contributed by atoms with Crippen LogP contribution in [-0.2, 0) is 6.18 Å². The Balaban J connectivity index is 2.18. The third-order valence-electron chi connectivity index (χ3n) is 3.39. The fourth-order valence-corrected chi connectivity index (χ4v) is 2.73. The number of hydrogen-bond donors (Lipinski definition) is 1. The first-order valence-electron chi connectivity index (χ1n) is 6.36.